The molecule has 4 rings (SSSR count). The van der Waals surface area contributed by atoms with Crippen molar-refractivity contribution in [3.05, 3.63) is 65.7 Å². The van der Waals surface area contributed by atoms with E-state index in [-0.39, 0.29) is 43.1 Å². The summed E-state index contributed by atoms with van der Waals surface area (Å²) in [5, 5.41) is 12.8. The fourth-order valence-corrected chi connectivity index (χ4v) is 4.94. The minimum Gasteiger partial charge on any atom is -0.387 e. The number of nitriles is 1. The molecule has 2 aromatic rings. The summed E-state index contributed by atoms with van der Waals surface area (Å²) in [6.45, 7) is 0.960. The number of carbonyl (C=O) groups is 1. The minimum absolute atomic E-state index is 0.139. The zero-order valence-electron chi connectivity index (χ0n) is 16.1. The van der Waals surface area contributed by atoms with Crippen molar-refractivity contribution in [3.63, 3.8) is 0 Å². The Labute approximate surface area is 175 Å². The van der Waals surface area contributed by atoms with Crippen LogP contribution < -0.4 is 0 Å². The van der Waals surface area contributed by atoms with Gasteiger partial charge in [0.05, 0.1) is 16.5 Å². The SMILES string of the molecule is N#Cc1ccc(S(=O)(=O)N2CCN(C(=O)C3=NOC(c4ccccc4)C3)CC2)cc1. The molecule has 8 nitrogen and oxygen atoms in total. The predicted molar refractivity (Wildman–Crippen MR) is 109 cm³/mol. The zero-order valence-corrected chi connectivity index (χ0v) is 17.0. The van der Waals surface area contributed by atoms with E-state index in [1.807, 2.05) is 36.4 Å². The molecule has 1 fully saturated rings. The zero-order chi connectivity index (χ0) is 21.1. The van der Waals surface area contributed by atoms with Gasteiger partial charge in [0.2, 0.25) is 10.0 Å². The van der Waals surface area contributed by atoms with E-state index in [4.69, 9.17) is 10.1 Å². The summed E-state index contributed by atoms with van der Waals surface area (Å²) in [6.07, 6.45) is 0.121. The Bertz CT molecular complexity index is 1100. The number of nitrogens with zero attached hydrogens (tertiary/aromatic N) is 4. The maximum absolute atomic E-state index is 12.8. The molecule has 1 saturated heterocycles. The van der Waals surface area contributed by atoms with E-state index in [1.165, 1.54) is 28.6 Å². The Morgan fingerprint density at radius 3 is 2.33 bits per heavy atom. The van der Waals surface area contributed by atoms with Gasteiger partial charge < -0.3 is 9.74 Å². The Morgan fingerprint density at radius 1 is 1.03 bits per heavy atom. The molecular weight excluding hydrogens is 404 g/mol. The van der Waals surface area contributed by atoms with Crippen molar-refractivity contribution in [1.29, 1.82) is 5.26 Å². The van der Waals surface area contributed by atoms with Gasteiger partial charge in [-0.1, -0.05) is 35.5 Å². The van der Waals surface area contributed by atoms with Crippen LogP contribution in [0.15, 0.2) is 64.6 Å². The Morgan fingerprint density at radius 2 is 1.70 bits per heavy atom. The average molecular weight is 424 g/mol. The van der Waals surface area contributed by atoms with E-state index < -0.39 is 10.0 Å². The fourth-order valence-electron chi connectivity index (χ4n) is 3.51. The molecule has 1 amide bonds. The van der Waals surface area contributed by atoms with E-state index >= 15 is 0 Å². The van der Waals surface area contributed by atoms with Gasteiger partial charge in [0.25, 0.3) is 5.91 Å². The van der Waals surface area contributed by atoms with Crippen LogP contribution in [0, 0.1) is 11.3 Å². The number of benzene rings is 2. The number of piperazine rings is 1. The molecule has 154 valence electrons. The molecule has 0 saturated carbocycles. The number of hydrogen-bond donors (Lipinski definition) is 0. The summed E-state index contributed by atoms with van der Waals surface area (Å²) >= 11 is 0. The van der Waals surface area contributed by atoms with Crippen molar-refractivity contribution < 1.29 is 18.0 Å². The maximum atomic E-state index is 12.8. The molecule has 0 N–H and O–H groups in total. The van der Waals surface area contributed by atoms with Crippen LogP contribution in [0.2, 0.25) is 0 Å². The third-order valence-electron chi connectivity index (χ3n) is 5.23. The molecule has 30 heavy (non-hydrogen) atoms. The molecule has 1 atom stereocenters. The fraction of sp³-hybridized carbons (Fsp3) is 0.286. The van der Waals surface area contributed by atoms with E-state index in [1.54, 1.807) is 4.90 Å². The summed E-state index contributed by atoms with van der Waals surface area (Å²) in [7, 11) is -3.67. The highest BCUT2D eigenvalue weighted by molar-refractivity contribution is 7.89. The van der Waals surface area contributed by atoms with Gasteiger partial charge >= 0.3 is 0 Å². The Hall–Kier alpha value is -3.22. The smallest absolute Gasteiger partial charge is 0.271 e. The predicted octanol–water partition coefficient (Wildman–Crippen LogP) is 1.91. The van der Waals surface area contributed by atoms with Gasteiger partial charge in [-0.2, -0.15) is 9.57 Å². The van der Waals surface area contributed by atoms with E-state index in [0.29, 0.717) is 17.7 Å². The largest absolute Gasteiger partial charge is 0.387 e. The molecule has 2 heterocycles. The summed E-state index contributed by atoms with van der Waals surface area (Å²) in [4.78, 5) is 20.0. The van der Waals surface area contributed by atoms with Gasteiger partial charge in [0.1, 0.15) is 5.71 Å². The summed E-state index contributed by atoms with van der Waals surface area (Å²) in [5.74, 6) is -0.219. The highest BCUT2D eigenvalue weighted by atomic mass is 32.2. The van der Waals surface area contributed by atoms with Crippen LogP contribution in [-0.4, -0.2) is 55.4 Å². The molecule has 2 aromatic carbocycles. The van der Waals surface area contributed by atoms with Crippen molar-refractivity contribution in [3.8, 4) is 6.07 Å². The molecule has 0 bridgehead atoms. The number of rotatable bonds is 4. The van der Waals surface area contributed by atoms with Crippen molar-refractivity contribution in [2.45, 2.75) is 17.4 Å². The summed E-state index contributed by atoms with van der Waals surface area (Å²) in [5.41, 5.74) is 1.72. The molecule has 0 aromatic heterocycles. The first-order chi connectivity index (χ1) is 14.5. The van der Waals surface area contributed by atoms with Gasteiger partial charge in [-0.05, 0) is 29.8 Å². The summed E-state index contributed by atoms with van der Waals surface area (Å²) < 4.78 is 27.0. The van der Waals surface area contributed by atoms with Gasteiger partial charge in [0.15, 0.2) is 6.10 Å². The normalized spacial score (nSPS) is 19.6. The van der Waals surface area contributed by atoms with Crippen LogP contribution in [0.4, 0.5) is 0 Å². The highest BCUT2D eigenvalue weighted by Crippen LogP contribution is 2.28. The molecule has 1 unspecified atom stereocenters. The second-order valence-corrected chi connectivity index (χ2v) is 9.02. The molecule has 0 spiro atoms. The number of amides is 1. The second kappa shape index (κ2) is 8.26. The quantitative estimate of drug-likeness (QED) is 0.746. The minimum atomic E-state index is -3.67. The lowest BCUT2D eigenvalue weighted by atomic mass is 10.0. The topological polar surface area (TPSA) is 103 Å². The van der Waals surface area contributed by atoms with Crippen molar-refractivity contribution in [2.75, 3.05) is 26.2 Å². The number of oxime groups is 1. The van der Waals surface area contributed by atoms with Gasteiger partial charge in [-0.25, -0.2) is 8.42 Å². The first-order valence-corrected chi connectivity index (χ1v) is 11.0. The van der Waals surface area contributed by atoms with Crippen LogP contribution in [0.5, 0.6) is 0 Å². The van der Waals surface area contributed by atoms with Crippen molar-refractivity contribution in [2.24, 2.45) is 5.16 Å². The molecule has 2 aliphatic rings. The Balaban J connectivity index is 1.36. The number of hydrogen-bond acceptors (Lipinski definition) is 6. The lowest BCUT2D eigenvalue weighted by Gasteiger charge is -2.33. The Kier molecular flexibility index (Phi) is 5.53. The van der Waals surface area contributed by atoms with Crippen molar-refractivity contribution >= 4 is 21.6 Å². The number of carbonyl (C=O) groups excluding carboxylic acids is 1. The van der Waals surface area contributed by atoms with E-state index in [9.17, 15) is 13.2 Å². The van der Waals surface area contributed by atoms with Crippen LogP contribution in [0.25, 0.3) is 0 Å². The molecule has 0 radical (unpaired) electrons. The monoisotopic (exact) mass is 424 g/mol. The third-order valence-corrected chi connectivity index (χ3v) is 7.15. The highest BCUT2D eigenvalue weighted by Gasteiger charge is 2.34. The molecule has 9 heteroatoms. The summed E-state index contributed by atoms with van der Waals surface area (Å²) in [6, 6.07) is 17.4. The van der Waals surface area contributed by atoms with Crippen LogP contribution in [-0.2, 0) is 19.7 Å². The lowest BCUT2D eigenvalue weighted by Crippen LogP contribution is -2.51. The second-order valence-electron chi connectivity index (χ2n) is 7.08. The van der Waals surface area contributed by atoms with Crippen LogP contribution in [0.1, 0.15) is 23.7 Å². The van der Waals surface area contributed by atoms with Crippen LogP contribution in [0.3, 0.4) is 0 Å². The van der Waals surface area contributed by atoms with Gasteiger partial charge in [-0.15, -0.1) is 0 Å². The van der Waals surface area contributed by atoms with E-state index in [2.05, 4.69) is 5.16 Å². The van der Waals surface area contributed by atoms with E-state index in [0.717, 1.165) is 5.56 Å². The molecule has 2 aliphatic heterocycles. The first-order valence-electron chi connectivity index (χ1n) is 9.56. The maximum Gasteiger partial charge on any atom is 0.271 e. The third kappa shape index (κ3) is 3.92. The number of sulfonamides is 1. The lowest BCUT2D eigenvalue weighted by molar-refractivity contribution is -0.125. The average Bonchev–Trinajstić information content (AvgIpc) is 3.30. The standard InChI is InChI=1S/C21H20N4O4S/c22-15-16-6-8-18(9-7-16)30(27,28)25-12-10-24(11-13-25)21(26)19-14-20(29-23-19)17-4-2-1-3-5-17/h1-9,20H,10-14H2. The van der Waals surface area contributed by atoms with Gasteiger partial charge in [0, 0.05) is 32.6 Å². The van der Waals surface area contributed by atoms with Gasteiger partial charge in [-0.3, -0.25) is 4.79 Å². The molecular formula is C21H20N4O4S. The first kappa shape index (κ1) is 20.1. The van der Waals surface area contributed by atoms with Crippen LogP contribution >= 0.6 is 0 Å². The van der Waals surface area contributed by atoms with Crippen molar-refractivity contribution in [1.82, 2.24) is 9.21 Å². The molecule has 0 aliphatic carbocycles.